The molecule has 3 rings (SSSR count). The number of alkyl halides is 3. The second-order valence-electron chi connectivity index (χ2n) is 6.82. The van der Waals surface area contributed by atoms with E-state index in [0.29, 0.717) is 0 Å². The molecule has 0 spiro atoms. The molecule has 3 atom stereocenters. The third kappa shape index (κ3) is 6.00. The fraction of sp³-hybridized carbons (Fsp3) is 0.333. The molecule has 2 aromatic carbocycles. The van der Waals surface area contributed by atoms with Gasteiger partial charge in [-0.3, -0.25) is 9.79 Å². The molecule has 0 saturated heterocycles. The lowest BCUT2D eigenvalue weighted by molar-refractivity contribution is -0.155. The molecule has 0 radical (unpaired) electrons. The monoisotopic (exact) mass is 421 g/mol. The zero-order valence-electron chi connectivity index (χ0n) is 15.8. The highest BCUT2D eigenvalue weighted by Gasteiger charge is 2.43. The first-order chi connectivity index (χ1) is 13.8. The molecule has 0 unspecified atom stereocenters. The number of hydrogen-bond donors (Lipinski definition) is 2. The van der Waals surface area contributed by atoms with Crippen molar-refractivity contribution in [2.45, 2.75) is 37.6 Å². The lowest BCUT2D eigenvalue weighted by Gasteiger charge is -2.31. The van der Waals surface area contributed by atoms with Gasteiger partial charge in [-0.15, -0.1) is 0 Å². The van der Waals surface area contributed by atoms with Gasteiger partial charge in [0.2, 0.25) is 5.91 Å². The number of nitrogens with one attached hydrogen (secondary N) is 2. The molecule has 29 heavy (non-hydrogen) atoms. The number of aliphatic imine (C=N–C) groups is 1. The molecule has 2 aromatic rings. The number of amides is 1. The van der Waals surface area contributed by atoms with E-state index in [-0.39, 0.29) is 29.3 Å². The maximum atomic E-state index is 13.4. The van der Waals surface area contributed by atoms with Gasteiger partial charge < -0.3 is 10.6 Å². The van der Waals surface area contributed by atoms with E-state index >= 15 is 0 Å². The lowest BCUT2D eigenvalue weighted by atomic mass is 9.98. The van der Waals surface area contributed by atoms with Crippen LogP contribution in [0.2, 0.25) is 0 Å². The number of nitrogens with zero attached hydrogens (tertiary/aromatic N) is 1. The molecule has 4 nitrogen and oxygen atoms in total. The molecule has 154 valence electrons. The van der Waals surface area contributed by atoms with Crippen molar-refractivity contribution in [1.82, 2.24) is 10.6 Å². The van der Waals surface area contributed by atoms with Crippen LogP contribution in [0.25, 0.3) is 0 Å². The second-order valence-corrected chi connectivity index (χ2v) is 7.79. The normalized spacial score (nSPS) is 20.3. The summed E-state index contributed by atoms with van der Waals surface area (Å²) in [6.45, 7) is 1.86. The average Bonchev–Trinajstić information content (AvgIpc) is 2.72. The molecule has 2 N–H and O–H groups in total. The van der Waals surface area contributed by atoms with Gasteiger partial charge in [0, 0.05) is 6.42 Å². The van der Waals surface area contributed by atoms with Crippen LogP contribution in [0.3, 0.4) is 0 Å². The fourth-order valence-corrected chi connectivity index (χ4v) is 3.86. The summed E-state index contributed by atoms with van der Waals surface area (Å²) < 4.78 is 40.1. The first-order valence-corrected chi connectivity index (χ1v) is 10.2. The minimum absolute atomic E-state index is 0.0188. The van der Waals surface area contributed by atoms with Crippen molar-refractivity contribution in [3.05, 3.63) is 71.8 Å². The summed E-state index contributed by atoms with van der Waals surface area (Å²) >= 11 is 0.988. The number of carbonyl (C=O) groups excluding carboxylic acids is 1. The van der Waals surface area contributed by atoms with E-state index in [0.717, 1.165) is 22.9 Å². The Bertz CT molecular complexity index is 843. The quantitative estimate of drug-likeness (QED) is 0.741. The number of halogens is 3. The van der Waals surface area contributed by atoms with Crippen molar-refractivity contribution in [2.75, 3.05) is 5.75 Å². The van der Waals surface area contributed by atoms with E-state index in [1.54, 1.807) is 24.3 Å². The number of rotatable bonds is 5. The first kappa shape index (κ1) is 21.2. The molecule has 0 fully saturated rings. The van der Waals surface area contributed by atoms with Gasteiger partial charge in [-0.2, -0.15) is 13.2 Å². The average molecular weight is 421 g/mol. The Balaban J connectivity index is 1.64. The highest BCUT2D eigenvalue weighted by molar-refractivity contribution is 8.14. The summed E-state index contributed by atoms with van der Waals surface area (Å²) in [6.07, 6.45) is -4.56. The fourth-order valence-electron chi connectivity index (χ4n) is 3.09. The Hall–Kier alpha value is -2.48. The van der Waals surface area contributed by atoms with Gasteiger partial charge in [0.1, 0.15) is 6.04 Å². The third-order valence-corrected chi connectivity index (χ3v) is 5.53. The molecule has 0 saturated carbocycles. The maximum Gasteiger partial charge on any atom is 0.408 e. The van der Waals surface area contributed by atoms with Crippen molar-refractivity contribution in [3.8, 4) is 0 Å². The maximum absolute atomic E-state index is 13.4. The van der Waals surface area contributed by atoms with Crippen LogP contribution in [-0.2, 0) is 4.79 Å². The molecule has 0 aromatic heterocycles. The SMILES string of the molecule is C[C@@H](NC(=O)CSC1=N[C@@H](c2ccccc2)C[C@H](C(F)(F)F)N1)c1ccccc1. The van der Waals surface area contributed by atoms with Crippen molar-refractivity contribution in [2.24, 2.45) is 4.99 Å². The Morgan fingerprint density at radius 1 is 1.17 bits per heavy atom. The molecule has 0 bridgehead atoms. The van der Waals surface area contributed by atoms with Crippen LogP contribution in [-0.4, -0.2) is 29.0 Å². The summed E-state index contributed by atoms with van der Waals surface area (Å²) in [5.41, 5.74) is 1.68. The second kappa shape index (κ2) is 9.35. The van der Waals surface area contributed by atoms with Gasteiger partial charge in [-0.1, -0.05) is 72.4 Å². The summed E-state index contributed by atoms with van der Waals surface area (Å²) in [5.74, 6) is -0.281. The predicted octanol–water partition coefficient (Wildman–Crippen LogP) is 4.62. The van der Waals surface area contributed by atoms with Crippen molar-refractivity contribution < 1.29 is 18.0 Å². The van der Waals surface area contributed by atoms with Crippen LogP contribution in [0.4, 0.5) is 13.2 Å². The van der Waals surface area contributed by atoms with Crippen LogP contribution in [0.1, 0.15) is 36.6 Å². The third-order valence-electron chi connectivity index (χ3n) is 4.63. The molecular weight excluding hydrogens is 399 g/mol. The van der Waals surface area contributed by atoms with Crippen molar-refractivity contribution in [1.29, 1.82) is 0 Å². The van der Waals surface area contributed by atoms with Crippen molar-refractivity contribution in [3.63, 3.8) is 0 Å². The topological polar surface area (TPSA) is 53.5 Å². The summed E-state index contributed by atoms with van der Waals surface area (Å²) in [6, 6.07) is 15.9. The van der Waals surface area contributed by atoms with E-state index < -0.39 is 18.3 Å². The predicted molar refractivity (Wildman–Crippen MR) is 110 cm³/mol. The Morgan fingerprint density at radius 2 is 1.79 bits per heavy atom. The van der Waals surface area contributed by atoms with E-state index in [9.17, 15) is 18.0 Å². The number of amidine groups is 1. The zero-order chi connectivity index (χ0) is 20.9. The standard InChI is InChI=1S/C21H22F3N3OS/c1-14(15-8-4-2-5-9-15)25-19(28)13-29-20-26-17(16-10-6-3-7-11-16)12-18(27-20)21(22,23)24/h2-11,14,17-18H,12-13H2,1H3,(H,25,28)(H,26,27)/t14-,17-,18-/m1/s1. The number of hydrogen-bond acceptors (Lipinski definition) is 4. The van der Waals surface area contributed by atoms with Gasteiger partial charge in [0.15, 0.2) is 5.17 Å². The molecule has 1 aliphatic heterocycles. The van der Waals surface area contributed by atoms with Crippen LogP contribution in [0.15, 0.2) is 65.7 Å². The molecule has 1 heterocycles. The minimum atomic E-state index is -4.39. The zero-order valence-corrected chi connectivity index (χ0v) is 16.6. The Morgan fingerprint density at radius 3 is 2.41 bits per heavy atom. The van der Waals surface area contributed by atoms with Crippen LogP contribution in [0.5, 0.6) is 0 Å². The smallest absolute Gasteiger partial charge is 0.353 e. The molecular formula is C21H22F3N3OS. The summed E-state index contributed by atoms with van der Waals surface area (Å²) in [7, 11) is 0. The van der Waals surface area contributed by atoms with Gasteiger partial charge in [0.25, 0.3) is 0 Å². The highest BCUT2D eigenvalue weighted by atomic mass is 32.2. The number of benzene rings is 2. The minimum Gasteiger partial charge on any atom is -0.353 e. The van der Waals surface area contributed by atoms with Gasteiger partial charge in [-0.25, -0.2) is 0 Å². The van der Waals surface area contributed by atoms with Gasteiger partial charge in [0.05, 0.1) is 17.8 Å². The van der Waals surface area contributed by atoms with E-state index in [4.69, 9.17) is 0 Å². The summed E-state index contributed by atoms with van der Waals surface area (Å²) in [4.78, 5) is 16.7. The molecule has 8 heteroatoms. The lowest BCUT2D eigenvalue weighted by Crippen LogP contribution is -2.48. The van der Waals surface area contributed by atoms with Gasteiger partial charge in [-0.05, 0) is 18.1 Å². The van der Waals surface area contributed by atoms with Gasteiger partial charge >= 0.3 is 6.18 Å². The first-order valence-electron chi connectivity index (χ1n) is 9.26. The molecule has 1 amide bonds. The number of carbonyl (C=O) groups is 1. The Kier molecular flexibility index (Phi) is 6.84. The highest BCUT2D eigenvalue weighted by Crippen LogP contribution is 2.34. The molecule has 0 aliphatic carbocycles. The summed E-state index contributed by atoms with van der Waals surface area (Å²) in [5, 5.41) is 5.43. The van der Waals surface area contributed by atoms with Crippen molar-refractivity contribution >= 4 is 22.8 Å². The van der Waals surface area contributed by atoms with E-state index in [1.165, 1.54) is 0 Å². The molecule has 1 aliphatic rings. The number of thioether (sulfide) groups is 1. The van der Waals surface area contributed by atoms with E-state index in [1.807, 2.05) is 43.3 Å². The van der Waals surface area contributed by atoms with Crippen LogP contribution < -0.4 is 10.6 Å². The van der Waals surface area contributed by atoms with Crippen LogP contribution in [0, 0.1) is 0 Å². The largest absolute Gasteiger partial charge is 0.408 e. The Labute approximate surface area is 172 Å². The van der Waals surface area contributed by atoms with Crippen LogP contribution >= 0.6 is 11.8 Å². The van der Waals surface area contributed by atoms with E-state index in [2.05, 4.69) is 15.6 Å².